The molecule has 1 N–H and O–H groups in total. The van der Waals surface area contributed by atoms with Gasteiger partial charge in [-0.3, -0.25) is 4.79 Å². The predicted octanol–water partition coefficient (Wildman–Crippen LogP) is 4.83. The molecular weight excluding hydrogens is 384 g/mol. The second-order valence-electron chi connectivity index (χ2n) is 6.68. The number of rotatable bonds is 5. The zero-order chi connectivity index (χ0) is 20.2. The molecule has 4 aromatic rings. The Morgan fingerprint density at radius 2 is 1.76 bits per heavy atom. The van der Waals surface area contributed by atoms with Crippen LogP contribution in [0.1, 0.15) is 21.7 Å². The number of hydrogen-bond donors (Lipinski definition) is 1. The standard InChI is InChI=1S/C23H19ClN4O/c1-16-6-5-9-18(14-16)22-26-21(23(29)25-15-17-7-3-2-4-8-17)27-28(22)20-12-10-19(24)11-13-20/h2-14H,15H2,1H3,(H,25,29). The van der Waals surface area contributed by atoms with Gasteiger partial charge in [0.1, 0.15) is 0 Å². The second-order valence-corrected chi connectivity index (χ2v) is 7.12. The summed E-state index contributed by atoms with van der Waals surface area (Å²) in [5.41, 5.74) is 3.77. The van der Waals surface area contributed by atoms with Crippen molar-refractivity contribution in [3.63, 3.8) is 0 Å². The summed E-state index contributed by atoms with van der Waals surface area (Å²) in [6.45, 7) is 2.43. The fourth-order valence-electron chi connectivity index (χ4n) is 3.00. The van der Waals surface area contributed by atoms with Gasteiger partial charge in [0.15, 0.2) is 5.82 Å². The van der Waals surface area contributed by atoms with Crippen molar-refractivity contribution < 1.29 is 4.79 Å². The van der Waals surface area contributed by atoms with Gasteiger partial charge in [0.25, 0.3) is 5.91 Å². The molecule has 0 aliphatic carbocycles. The molecule has 1 amide bonds. The number of benzene rings is 3. The van der Waals surface area contributed by atoms with E-state index in [0.717, 1.165) is 22.4 Å². The van der Waals surface area contributed by atoms with Gasteiger partial charge < -0.3 is 5.32 Å². The maximum Gasteiger partial charge on any atom is 0.291 e. The van der Waals surface area contributed by atoms with Crippen LogP contribution in [0.2, 0.25) is 5.02 Å². The summed E-state index contributed by atoms with van der Waals surface area (Å²) in [4.78, 5) is 17.2. The maximum atomic E-state index is 12.7. The topological polar surface area (TPSA) is 59.8 Å². The number of aromatic nitrogens is 3. The van der Waals surface area contributed by atoms with Crippen molar-refractivity contribution in [2.45, 2.75) is 13.5 Å². The minimum atomic E-state index is -0.324. The number of hydrogen-bond acceptors (Lipinski definition) is 3. The minimum absolute atomic E-state index is 0.118. The number of nitrogens with one attached hydrogen (secondary N) is 1. The zero-order valence-electron chi connectivity index (χ0n) is 15.8. The number of aryl methyl sites for hydroxylation is 1. The lowest BCUT2D eigenvalue weighted by Gasteiger charge is -2.06. The fraction of sp³-hybridized carbons (Fsp3) is 0.0870. The summed E-state index contributed by atoms with van der Waals surface area (Å²) < 4.78 is 1.67. The Morgan fingerprint density at radius 3 is 2.48 bits per heavy atom. The van der Waals surface area contributed by atoms with Gasteiger partial charge in [-0.05, 0) is 42.8 Å². The lowest BCUT2D eigenvalue weighted by atomic mass is 10.1. The van der Waals surface area contributed by atoms with E-state index in [-0.39, 0.29) is 11.7 Å². The van der Waals surface area contributed by atoms with Gasteiger partial charge >= 0.3 is 0 Å². The highest BCUT2D eigenvalue weighted by molar-refractivity contribution is 6.30. The van der Waals surface area contributed by atoms with Crippen LogP contribution in [-0.4, -0.2) is 20.7 Å². The van der Waals surface area contributed by atoms with E-state index >= 15 is 0 Å². The molecule has 1 aromatic heterocycles. The van der Waals surface area contributed by atoms with E-state index in [2.05, 4.69) is 15.4 Å². The predicted molar refractivity (Wildman–Crippen MR) is 114 cm³/mol. The first-order valence-corrected chi connectivity index (χ1v) is 9.60. The number of nitrogens with zero attached hydrogens (tertiary/aromatic N) is 3. The Bertz CT molecular complexity index is 1140. The van der Waals surface area contributed by atoms with Crippen LogP contribution in [0.3, 0.4) is 0 Å². The van der Waals surface area contributed by atoms with Crippen LogP contribution in [0.15, 0.2) is 78.9 Å². The van der Waals surface area contributed by atoms with Gasteiger partial charge in [-0.1, -0.05) is 65.7 Å². The first kappa shape index (κ1) is 18.9. The molecule has 29 heavy (non-hydrogen) atoms. The lowest BCUT2D eigenvalue weighted by Crippen LogP contribution is -2.24. The zero-order valence-corrected chi connectivity index (χ0v) is 16.6. The normalized spacial score (nSPS) is 10.7. The van der Waals surface area contributed by atoms with E-state index < -0.39 is 0 Å². The number of halogens is 1. The molecule has 0 fully saturated rings. The first-order chi connectivity index (χ1) is 14.1. The molecule has 0 saturated carbocycles. The molecule has 1 heterocycles. The van der Waals surface area contributed by atoms with Crippen LogP contribution in [-0.2, 0) is 6.54 Å². The largest absolute Gasteiger partial charge is 0.345 e. The molecule has 0 aliphatic rings. The lowest BCUT2D eigenvalue weighted by molar-refractivity contribution is 0.0940. The van der Waals surface area contributed by atoms with Crippen LogP contribution in [0.25, 0.3) is 17.1 Å². The first-order valence-electron chi connectivity index (χ1n) is 9.22. The van der Waals surface area contributed by atoms with E-state index in [4.69, 9.17) is 11.6 Å². The van der Waals surface area contributed by atoms with E-state index in [9.17, 15) is 4.79 Å². The molecule has 6 heteroatoms. The monoisotopic (exact) mass is 402 g/mol. The molecule has 0 saturated heterocycles. The Kier molecular flexibility index (Phi) is 5.40. The van der Waals surface area contributed by atoms with E-state index in [1.165, 1.54) is 0 Å². The summed E-state index contributed by atoms with van der Waals surface area (Å²) >= 11 is 6.02. The van der Waals surface area contributed by atoms with Crippen LogP contribution in [0.5, 0.6) is 0 Å². The second kappa shape index (κ2) is 8.29. The summed E-state index contributed by atoms with van der Waals surface area (Å²) in [5.74, 6) is 0.392. The molecule has 0 unspecified atom stereocenters. The van der Waals surface area contributed by atoms with Crippen LogP contribution >= 0.6 is 11.6 Å². The van der Waals surface area contributed by atoms with Crippen molar-refractivity contribution in [2.24, 2.45) is 0 Å². The van der Waals surface area contributed by atoms with Crippen molar-refractivity contribution in [3.8, 4) is 17.1 Å². The molecule has 3 aromatic carbocycles. The SMILES string of the molecule is Cc1cccc(-c2nc(C(=O)NCc3ccccc3)nn2-c2ccc(Cl)cc2)c1. The minimum Gasteiger partial charge on any atom is -0.345 e. The van der Waals surface area contributed by atoms with Crippen LogP contribution in [0, 0.1) is 6.92 Å². The average molecular weight is 403 g/mol. The summed E-state index contributed by atoms with van der Waals surface area (Å²) in [6.07, 6.45) is 0. The van der Waals surface area contributed by atoms with Gasteiger partial charge in [0.2, 0.25) is 5.82 Å². The van der Waals surface area contributed by atoms with Crippen molar-refractivity contribution >= 4 is 17.5 Å². The third kappa shape index (κ3) is 4.36. The highest BCUT2D eigenvalue weighted by atomic mass is 35.5. The molecule has 0 bridgehead atoms. The van der Waals surface area contributed by atoms with Gasteiger partial charge in [-0.25, -0.2) is 9.67 Å². The Morgan fingerprint density at radius 1 is 1.00 bits per heavy atom. The number of carbonyl (C=O) groups excluding carboxylic acids is 1. The van der Waals surface area contributed by atoms with Crippen molar-refractivity contribution in [1.29, 1.82) is 0 Å². The van der Waals surface area contributed by atoms with E-state index in [1.54, 1.807) is 16.8 Å². The molecule has 0 radical (unpaired) electrons. The highest BCUT2D eigenvalue weighted by Crippen LogP contribution is 2.23. The number of carbonyl (C=O) groups is 1. The average Bonchev–Trinajstić information content (AvgIpc) is 3.19. The van der Waals surface area contributed by atoms with Crippen molar-refractivity contribution in [2.75, 3.05) is 0 Å². The number of amides is 1. The molecule has 0 atom stereocenters. The van der Waals surface area contributed by atoms with Crippen molar-refractivity contribution in [3.05, 3.63) is 101 Å². The summed E-state index contributed by atoms with van der Waals surface area (Å²) in [6, 6.07) is 24.9. The Labute approximate surface area is 174 Å². The molecule has 0 aliphatic heterocycles. The van der Waals surface area contributed by atoms with Gasteiger partial charge in [-0.2, -0.15) is 0 Å². The van der Waals surface area contributed by atoms with E-state index in [1.807, 2.05) is 73.7 Å². The van der Waals surface area contributed by atoms with Crippen LogP contribution in [0.4, 0.5) is 0 Å². The molecule has 0 spiro atoms. The third-order valence-electron chi connectivity index (χ3n) is 4.45. The van der Waals surface area contributed by atoms with Gasteiger partial charge in [0, 0.05) is 17.1 Å². The Hall–Kier alpha value is -3.44. The third-order valence-corrected chi connectivity index (χ3v) is 4.71. The fourth-order valence-corrected chi connectivity index (χ4v) is 3.12. The van der Waals surface area contributed by atoms with Crippen LogP contribution < -0.4 is 5.32 Å². The molecular formula is C23H19ClN4O. The maximum absolute atomic E-state index is 12.7. The van der Waals surface area contributed by atoms with Gasteiger partial charge in [-0.15, -0.1) is 5.10 Å². The Balaban J connectivity index is 1.69. The highest BCUT2D eigenvalue weighted by Gasteiger charge is 2.18. The quantitative estimate of drug-likeness (QED) is 0.520. The van der Waals surface area contributed by atoms with Crippen molar-refractivity contribution in [1.82, 2.24) is 20.1 Å². The van der Waals surface area contributed by atoms with Gasteiger partial charge in [0.05, 0.1) is 5.69 Å². The molecule has 144 valence electrons. The summed E-state index contributed by atoms with van der Waals surface area (Å²) in [7, 11) is 0. The smallest absolute Gasteiger partial charge is 0.291 e. The molecule has 4 rings (SSSR count). The molecule has 5 nitrogen and oxygen atoms in total. The van der Waals surface area contributed by atoms with E-state index in [0.29, 0.717) is 17.4 Å². The summed E-state index contributed by atoms with van der Waals surface area (Å²) in [5, 5.41) is 7.99.